The Morgan fingerprint density at radius 3 is 2.76 bits per heavy atom. The van der Waals surface area contributed by atoms with Crippen molar-refractivity contribution < 1.29 is 8.78 Å². The molecule has 3 aromatic rings. The lowest BCUT2D eigenvalue weighted by Gasteiger charge is -2.14. The second kappa shape index (κ2) is 4.74. The van der Waals surface area contributed by atoms with Crippen molar-refractivity contribution in [1.29, 1.82) is 0 Å². The van der Waals surface area contributed by atoms with Gasteiger partial charge in [0.25, 0.3) is 5.56 Å². The Kier molecular flexibility index (Phi) is 3.02. The maximum atomic E-state index is 13.9. The van der Waals surface area contributed by atoms with Crippen LogP contribution in [0.4, 0.5) is 8.78 Å². The standard InChI is InChI=1S/C13H11F2N5O/c1-6(16)12-18-9-5-7(14)4-8(15)11(9)13(21)20(12)10-2-3-17-19-10/h2-6H,16H2,1H3,(H,17,19). The highest BCUT2D eigenvalue weighted by atomic mass is 19.1. The number of fused-ring (bicyclic) bond motifs is 1. The molecule has 3 N–H and O–H groups in total. The highest BCUT2D eigenvalue weighted by molar-refractivity contribution is 5.78. The molecule has 2 aromatic heterocycles. The molecule has 1 atom stereocenters. The van der Waals surface area contributed by atoms with Crippen molar-refractivity contribution >= 4 is 10.9 Å². The van der Waals surface area contributed by atoms with Crippen molar-refractivity contribution in [3.63, 3.8) is 0 Å². The summed E-state index contributed by atoms with van der Waals surface area (Å²) in [4.78, 5) is 16.7. The fourth-order valence-electron chi connectivity index (χ4n) is 2.16. The lowest BCUT2D eigenvalue weighted by molar-refractivity contribution is 0.588. The van der Waals surface area contributed by atoms with Gasteiger partial charge >= 0.3 is 0 Å². The molecule has 1 aromatic carbocycles. The van der Waals surface area contributed by atoms with E-state index < -0.39 is 23.2 Å². The predicted molar refractivity (Wildman–Crippen MR) is 72.0 cm³/mol. The summed E-state index contributed by atoms with van der Waals surface area (Å²) in [7, 11) is 0. The Labute approximate surface area is 117 Å². The van der Waals surface area contributed by atoms with Gasteiger partial charge in [-0.2, -0.15) is 5.10 Å². The Balaban J connectivity index is 2.49. The quantitative estimate of drug-likeness (QED) is 0.747. The number of nitrogens with one attached hydrogen (secondary N) is 1. The molecule has 0 fully saturated rings. The first-order chi connectivity index (χ1) is 9.99. The summed E-state index contributed by atoms with van der Waals surface area (Å²) >= 11 is 0. The summed E-state index contributed by atoms with van der Waals surface area (Å²) in [6.45, 7) is 1.62. The fraction of sp³-hybridized carbons (Fsp3) is 0.154. The van der Waals surface area contributed by atoms with E-state index in [2.05, 4.69) is 15.2 Å². The average molecular weight is 291 g/mol. The molecule has 0 saturated heterocycles. The fourth-order valence-corrected chi connectivity index (χ4v) is 2.16. The van der Waals surface area contributed by atoms with Gasteiger partial charge in [0.15, 0.2) is 0 Å². The molecule has 6 nitrogen and oxygen atoms in total. The average Bonchev–Trinajstić information content (AvgIpc) is 2.90. The molecule has 0 aliphatic carbocycles. The van der Waals surface area contributed by atoms with Crippen LogP contribution in [-0.4, -0.2) is 19.7 Å². The number of hydrogen-bond acceptors (Lipinski definition) is 4. The van der Waals surface area contributed by atoms with Gasteiger partial charge < -0.3 is 5.73 Å². The van der Waals surface area contributed by atoms with Crippen LogP contribution in [0, 0.1) is 11.6 Å². The van der Waals surface area contributed by atoms with Crippen LogP contribution in [0.3, 0.4) is 0 Å². The molecule has 0 aliphatic heterocycles. The summed E-state index contributed by atoms with van der Waals surface area (Å²) < 4.78 is 28.4. The molecular formula is C13H11F2N5O. The molecular weight excluding hydrogens is 280 g/mol. The van der Waals surface area contributed by atoms with Crippen LogP contribution in [-0.2, 0) is 0 Å². The number of halogens is 2. The lowest BCUT2D eigenvalue weighted by atomic mass is 10.2. The molecule has 2 heterocycles. The van der Waals surface area contributed by atoms with Crippen LogP contribution in [0.1, 0.15) is 18.8 Å². The van der Waals surface area contributed by atoms with E-state index in [9.17, 15) is 13.6 Å². The summed E-state index contributed by atoms with van der Waals surface area (Å²) in [5.74, 6) is -1.28. The van der Waals surface area contributed by atoms with Crippen LogP contribution in [0.25, 0.3) is 16.7 Å². The topological polar surface area (TPSA) is 89.6 Å². The van der Waals surface area contributed by atoms with E-state index in [0.29, 0.717) is 11.9 Å². The van der Waals surface area contributed by atoms with Gasteiger partial charge in [0.2, 0.25) is 0 Å². The Morgan fingerprint density at radius 2 is 2.14 bits per heavy atom. The first-order valence-corrected chi connectivity index (χ1v) is 6.16. The highest BCUT2D eigenvalue weighted by Crippen LogP contribution is 2.18. The largest absolute Gasteiger partial charge is 0.322 e. The smallest absolute Gasteiger partial charge is 0.270 e. The monoisotopic (exact) mass is 291 g/mol. The number of nitrogens with two attached hydrogens (primary N) is 1. The van der Waals surface area contributed by atoms with Gasteiger partial charge in [-0.3, -0.25) is 9.89 Å². The van der Waals surface area contributed by atoms with Gasteiger partial charge in [-0.05, 0) is 6.92 Å². The Bertz CT molecular complexity index is 870. The summed E-state index contributed by atoms with van der Waals surface area (Å²) in [5.41, 5.74) is 5.07. The van der Waals surface area contributed by atoms with Gasteiger partial charge in [0.05, 0.1) is 17.8 Å². The number of rotatable bonds is 2. The summed E-state index contributed by atoms with van der Waals surface area (Å²) in [6.07, 6.45) is 1.44. The molecule has 3 rings (SSSR count). The Hall–Kier alpha value is -2.61. The molecule has 21 heavy (non-hydrogen) atoms. The van der Waals surface area contributed by atoms with Crippen LogP contribution >= 0.6 is 0 Å². The zero-order valence-electron chi connectivity index (χ0n) is 11.0. The van der Waals surface area contributed by atoms with Gasteiger partial charge in [0.1, 0.15) is 28.7 Å². The van der Waals surface area contributed by atoms with Crippen LogP contribution in [0.5, 0.6) is 0 Å². The third-order valence-electron chi connectivity index (χ3n) is 3.05. The SMILES string of the molecule is CC(N)c1nc2cc(F)cc(F)c2c(=O)n1-c1ccn[nH]1. The van der Waals surface area contributed by atoms with Crippen LogP contribution in [0.15, 0.2) is 29.2 Å². The zero-order chi connectivity index (χ0) is 15.1. The number of hydrogen-bond donors (Lipinski definition) is 2. The highest BCUT2D eigenvalue weighted by Gasteiger charge is 2.19. The maximum Gasteiger partial charge on any atom is 0.270 e. The molecule has 0 radical (unpaired) electrons. The van der Waals surface area contributed by atoms with Crippen molar-refractivity contribution in [2.75, 3.05) is 0 Å². The second-order valence-electron chi connectivity index (χ2n) is 4.62. The van der Waals surface area contributed by atoms with E-state index in [4.69, 9.17) is 5.73 Å². The minimum absolute atomic E-state index is 0.0689. The van der Waals surface area contributed by atoms with Crippen molar-refractivity contribution in [2.45, 2.75) is 13.0 Å². The Morgan fingerprint density at radius 1 is 1.38 bits per heavy atom. The van der Waals surface area contributed by atoms with Crippen LogP contribution in [0.2, 0.25) is 0 Å². The summed E-state index contributed by atoms with van der Waals surface area (Å²) in [6, 6.07) is 2.57. The number of nitrogens with zero attached hydrogens (tertiary/aromatic N) is 3. The third-order valence-corrected chi connectivity index (χ3v) is 3.05. The molecule has 0 spiro atoms. The molecule has 0 bridgehead atoms. The van der Waals surface area contributed by atoms with Gasteiger partial charge in [-0.25, -0.2) is 18.3 Å². The first kappa shape index (κ1) is 13.4. The molecule has 8 heteroatoms. The van der Waals surface area contributed by atoms with E-state index in [1.54, 1.807) is 6.92 Å². The second-order valence-corrected chi connectivity index (χ2v) is 4.62. The van der Waals surface area contributed by atoms with Gasteiger partial charge in [0, 0.05) is 18.2 Å². The molecule has 108 valence electrons. The third kappa shape index (κ3) is 2.09. The van der Waals surface area contributed by atoms with Gasteiger partial charge in [-0.15, -0.1) is 0 Å². The summed E-state index contributed by atoms with van der Waals surface area (Å²) in [5, 5.41) is 6.06. The van der Waals surface area contributed by atoms with E-state index in [1.165, 1.54) is 12.3 Å². The number of benzene rings is 1. The maximum absolute atomic E-state index is 13.9. The van der Waals surface area contributed by atoms with Gasteiger partial charge in [-0.1, -0.05) is 0 Å². The van der Waals surface area contributed by atoms with Crippen LogP contribution < -0.4 is 11.3 Å². The molecule has 1 unspecified atom stereocenters. The van der Waals surface area contributed by atoms with E-state index >= 15 is 0 Å². The minimum atomic E-state index is -0.966. The number of aromatic nitrogens is 4. The van der Waals surface area contributed by atoms with E-state index in [0.717, 1.165) is 10.6 Å². The molecule has 0 amide bonds. The zero-order valence-corrected chi connectivity index (χ0v) is 11.0. The molecule has 0 aliphatic rings. The van der Waals surface area contributed by atoms with Crippen molar-refractivity contribution in [3.8, 4) is 5.82 Å². The predicted octanol–water partition coefficient (Wildman–Crippen LogP) is 1.41. The lowest BCUT2D eigenvalue weighted by Crippen LogP contribution is -2.28. The van der Waals surface area contributed by atoms with Crippen molar-refractivity contribution in [2.24, 2.45) is 5.73 Å². The minimum Gasteiger partial charge on any atom is -0.322 e. The van der Waals surface area contributed by atoms with E-state index in [-0.39, 0.29) is 16.7 Å². The van der Waals surface area contributed by atoms with Crippen molar-refractivity contribution in [3.05, 3.63) is 52.2 Å². The normalized spacial score (nSPS) is 12.8. The van der Waals surface area contributed by atoms with Crippen molar-refractivity contribution in [1.82, 2.24) is 19.7 Å². The van der Waals surface area contributed by atoms with E-state index in [1.807, 2.05) is 0 Å². The molecule has 0 saturated carbocycles. The number of H-pyrrole nitrogens is 1. The first-order valence-electron chi connectivity index (χ1n) is 6.16. The number of aromatic amines is 1.